The molecule has 1 aromatic rings. The molecular weight excluding hydrogens is 360 g/mol. The number of carbonyl (C=O) groups excluding carboxylic acids is 3. The van der Waals surface area contributed by atoms with Crippen molar-refractivity contribution in [3.05, 3.63) is 35.9 Å². The monoisotopic (exact) mass is 382 g/mol. The van der Waals surface area contributed by atoms with Gasteiger partial charge in [-0.1, -0.05) is 30.3 Å². The third kappa shape index (κ3) is 5.49. The molecule has 2 rings (SSSR count). The van der Waals surface area contributed by atoms with Gasteiger partial charge < -0.3 is 28.8 Å². The van der Waals surface area contributed by atoms with E-state index < -0.39 is 48.6 Å². The fourth-order valence-electron chi connectivity index (χ4n) is 2.67. The zero-order chi connectivity index (χ0) is 20.0. The summed E-state index contributed by atoms with van der Waals surface area (Å²) in [6.07, 6.45) is -6.91. The number of rotatable bonds is 6. The molecule has 5 atom stereocenters. The summed E-state index contributed by atoms with van der Waals surface area (Å²) in [5.74, 6) is -2.30. The van der Waals surface area contributed by atoms with Gasteiger partial charge >= 0.3 is 17.9 Å². The molecule has 0 bridgehead atoms. The lowest BCUT2D eigenvalue weighted by atomic mass is 9.98. The largest absolute Gasteiger partial charge is 0.467 e. The summed E-state index contributed by atoms with van der Waals surface area (Å²) in [6, 6.07) is 9.05. The van der Waals surface area contributed by atoms with E-state index in [4.69, 9.17) is 18.9 Å². The van der Waals surface area contributed by atoms with Crippen LogP contribution in [0.5, 0.6) is 0 Å². The number of esters is 3. The van der Waals surface area contributed by atoms with Crippen LogP contribution < -0.4 is 0 Å². The van der Waals surface area contributed by atoms with E-state index in [9.17, 15) is 19.5 Å². The molecular formula is C18H22O9. The highest BCUT2D eigenvalue weighted by Gasteiger charge is 2.52. The van der Waals surface area contributed by atoms with Gasteiger partial charge in [0, 0.05) is 13.8 Å². The third-order valence-corrected chi connectivity index (χ3v) is 3.82. The zero-order valence-corrected chi connectivity index (χ0v) is 15.2. The molecule has 148 valence electrons. The van der Waals surface area contributed by atoms with Crippen molar-refractivity contribution in [1.82, 2.24) is 0 Å². The number of hydrogen-bond donors (Lipinski definition) is 1. The first-order valence-corrected chi connectivity index (χ1v) is 8.24. The van der Waals surface area contributed by atoms with Crippen LogP contribution in [-0.4, -0.2) is 60.8 Å². The van der Waals surface area contributed by atoms with Gasteiger partial charge in [-0.2, -0.15) is 0 Å². The van der Waals surface area contributed by atoms with Crippen LogP contribution in [0.4, 0.5) is 0 Å². The molecule has 0 amide bonds. The van der Waals surface area contributed by atoms with Crippen molar-refractivity contribution in [1.29, 1.82) is 0 Å². The van der Waals surface area contributed by atoms with Gasteiger partial charge in [0.15, 0.2) is 12.2 Å². The number of aliphatic hydroxyl groups excluding tert-OH is 1. The Morgan fingerprint density at radius 2 is 1.67 bits per heavy atom. The first kappa shape index (κ1) is 20.8. The molecule has 27 heavy (non-hydrogen) atoms. The van der Waals surface area contributed by atoms with Gasteiger partial charge in [0.2, 0.25) is 6.29 Å². The molecule has 9 nitrogen and oxygen atoms in total. The molecule has 1 N–H and O–H groups in total. The fraction of sp³-hybridized carbons (Fsp3) is 0.500. The number of ether oxygens (including phenoxy) is 5. The highest BCUT2D eigenvalue weighted by molar-refractivity contribution is 5.76. The Morgan fingerprint density at radius 1 is 1.04 bits per heavy atom. The van der Waals surface area contributed by atoms with Gasteiger partial charge in [0.25, 0.3) is 0 Å². The molecule has 1 saturated heterocycles. The number of benzene rings is 1. The summed E-state index contributed by atoms with van der Waals surface area (Å²) in [5, 5.41) is 10.6. The van der Waals surface area contributed by atoms with E-state index in [0.29, 0.717) is 0 Å². The Balaban J connectivity index is 2.28. The number of carbonyl (C=O) groups is 3. The van der Waals surface area contributed by atoms with E-state index in [0.717, 1.165) is 26.5 Å². The molecule has 0 aliphatic carbocycles. The summed E-state index contributed by atoms with van der Waals surface area (Å²) in [4.78, 5) is 34.8. The van der Waals surface area contributed by atoms with E-state index in [2.05, 4.69) is 4.74 Å². The normalized spacial score (nSPS) is 27.5. The maximum absolute atomic E-state index is 11.9. The topological polar surface area (TPSA) is 118 Å². The summed E-state index contributed by atoms with van der Waals surface area (Å²) in [5.41, 5.74) is 0.788. The van der Waals surface area contributed by atoms with Crippen molar-refractivity contribution in [3.63, 3.8) is 0 Å². The molecule has 9 heteroatoms. The molecule has 1 aromatic carbocycles. The van der Waals surface area contributed by atoms with Crippen LogP contribution in [0.2, 0.25) is 0 Å². The van der Waals surface area contributed by atoms with E-state index in [1.54, 1.807) is 12.1 Å². The summed E-state index contributed by atoms with van der Waals surface area (Å²) < 4.78 is 25.9. The van der Waals surface area contributed by atoms with Crippen molar-refractivity contribution < 1.29 is 43.2 Å². The molecule has 1 aliphatic rings. The van der Waals surface area contributed by atoms with Crippen molar-refractivity contribution in [2.45, 2.75) is 51.2 Å². The minimum atomic E-state index is -1.52. The second-order valence-corrected chi connectivity index (χ2v) is 5.88. The van der Waals surface area contributed by atoms with Gasteiger partial charge in [-0.15, -0.1) is 0 Å². The lowest BCUT2D eigenvalue weighted by Crippen LogP contribution is -2.62. The van der Waals surface area contributed by atoms with Gasteiger partial charge in [-0.25, -0.2) is 4.79 Å². The molecule has 0 radical (unpaired) electrons. The maximum Gasteiger partial charge on any atom is 0.337 e. The summed E-state index contributed by atoms with van der Waals surface area (Å²) in [7, 11) is 1.12. The first-order chi connectivity index (χ1) is 12.8. The van der Waals surface area contributed by atoms with Gasteiger partial charge in [-0.05, 0) is 5.56 Å². The van der Waals surface area contributed by atoms with Crippen LogP contribution in [0, 0.1) is 0 Å². The van der Waals surface area contributed by atoms with Crippen LogP contribution >= 0.6 is 0 Å². The molecule has 1 fully saturated rings. The Morgan fingerprint density at radius 3 is 2.22 bits per heavy atom. The quantitative estimate of drug-likeness (QED) is 0.548. The van der Waals surface area contributed by atoms with E-state index >= 15 is 0 Å². The van der Waals surface area contributed by atoms with Crippen LogP contribution in [-0.2, 0) is 44.7 Å². The third-order valence-electron chi connectivity index (χ3n) is 3.82. The summed E-state index contributed by atoms with van der Waals surface area (Å²) >= 11 is 0. The SMILES string of the molecule is COC(=O)C1O[C@@H](OC(C)=O)C(OC(C)=O)[C@@H](OCc2ccccc2)[C@H]1O. The lowest BCUT2D eigenvalue weighted by Gasteiger charge is -2.41. The predicted octanol–water partition coefficient (Wildman–Crippen LogP) is 0.325. The second-order valence-electron chi connectivity index (χ2n) is 5.88. The Kier molecular flexibility index (Phi) is 7.28. The second kappa shape index (κ2) is 9.45. The number of hydrogen-bond acceptors (Lipinski definition) is 9. The Hall–Kier alpha value is -2.49. The molecule has 0 spiro atoms. The van der Waals surface area contributed by atoms with Crippen molar-refractivity contribution in [2.75, 3.05) is 7.11 Å². The van der Waals surface area contributed by atoms with Crippen molar-refractivity contribution in [3.8, 4) is 0 Å². The minimum Gasteiger partial charge on any atom is -0.467 e. The minimum absolute atomic E-state index is 0.0566. The van der Waals surface area contributed by atoms with Crippen molar-refractivity contribution >= 4 is 17.9 Å². The first-order valence-electron chi connectivity index (χ1n) is 8.24. The Bertz CT molecular complexity index is 660. The molecule has 1 aliphatic heterocycles. The van der Waals surface area contributed by atoms with Crippen molar-refractivity contribution in [2.24, 2.45) is 0 Å². The van der Waals surface area contributed by atoms with Crippen LogP contribution in [0.3, 0.4) is 0 Å². The standard InChI is InChI=1S/C18H22O9/c1-10(19)25-16-14(24-9-12-7-5-4-6-8-12)13(21)15(17(22)23-3)27-18(16)26-11(2)20/h4-8,13-16,18,21H,9H2,1-3H3/t13-,14+,15?,16?,18-/m1/s1. The van der Waals surface area contributed by atoms with Gasteiger partial charge in [0.05, 0.1) is 13.7 Å². The van der Waals surface area contributed by atoms with Crippen LogP contribution in [0.15, 0.2) is 30.3 Å². The van der Waals surface area contributed by atoms with Gasteiger partial charge in [0.1, 0.15) is 12.2 Å². The molecule has 0 aromatic heterocycles. The maximum atomic E-state index is 11.9. The summed E-state index contributed by atoms with van der Waals surface area (Å²) in [6.45, 7) is 2.34. The highest BCUT2D eigenvalue weighted by atomic mass is 16.7. The number of aliphatic hydroxyl groups is 1. The zero-order valence-electron chi connectivity index (χ0n) is 15.2. The lowest BCUT2D eigenvalue weighted by molar-refractivity contribution is -0.297. The van der Waals surface area contributed by atoms with Crippen LogP contribution in [0.1, 0.15) is 19.4 Å². The van der Waals surface area contributed by atoms with E-state index in [1.807, 2.05) is 18.2 Å². The molecule has 2 unspecified atom stereocenters. The highest BCUT2D eigenvalue weighted by Crippen LogP contribution is 2.28. The molecule has 1 heterocycles. The number of methoxy groups -OCH3 is 1. The fourth-order valence-corrected chi connectivity index (χ4v) is 2.67. The van der Waals surface area contributed by atoms with E-state index in [1.165, 1.54) is 0 Å². The smallest absolute Gasteiger partial charge is 0.337 e. The predicted molar refractivity (Wildman–Crippen MR) is 89.0 cm³/mol. The molecule has 0 saturated carbocycles. The van der Waals surface area contributed by atoms with Gasteiger partial charge in [-0.3, -0.25) is 9.59 Å². The Labute approximate surface area is 156 Å². The average Bonchev–Trinajstić information content (AvgIpc) is 2.63. The van der Waals surface area contributed by atoms with E-state index in [-0.39, 0.29) is 6.61 Å². The van der Waals surface area contributed by atoms with Crippen LogP contribution in [0.25, 0.3) is 0 Å². The average molecular weight is 382 g/mol.